The average Bonchev–Trinajstić information content (AvgIpc) is 2.94. The molecule has 0 aliphatic carbocycles. The molecule has 6 nitrogen and oxygen atoms in total. The smallest absolute Gasteiger partial charge is 0.287 e. The van der Waals surface area contributed by atoms with Crippen LogP contribution in [-0.2, 0) is 17.6 Å². The Morgan fingerprint density at radius 3 is 2.58 bits per heavy atom. The lowest BCUT2D eigenvalue weighted by atomic mass is 10.1. The number of aliphatic hydroxyl groups excluding tert-OH is 1. The van der Waals surface area contributed by atoms with Gasteiger partial charge in [-0.15, -0.1) is 0 Å². The van der Waals surface area contributed by atoms with Gasteiger partial charge in [-0.05, 0) is 36.2 Å². The minimum atomic E-state index is -0.516. The normalized spacial score (nSPS) is 17.8. The lowest BCUT2D eigenvalue weighted by molar-refractivity contribution is -0.112. The largest absolute Gasteiger partial charge is 0.493 e. The van der Waals surface area contributed by atoms with Crippen molar-refractivity contribution in [2.24, 2.45) is 0 Å². The van der Waals surface area contributed by atoms with Gasteiger partial charge in [-0.2, -0.15) is 0 Å². The Morgan fingerprint density at radius 1 is 1.23 bits per heavy atom. The van der Waals surface area contributed by atoms with E-state index in [9.17, 15) is 14.7 Å². The van der Waals surface area contributed by atoms with Crippen molar-refractivity contribution in [1.29, 1.82) is 0 Å². The number of nitrogens with one attached hydrogen (secondary N) is 1. The molecule has 136 valence electrons. The number of aliphatic hydroxyl groups is 1. The zero-order valence-electron chi connectivity index (χ0n) is 14.3. The SMILES string of the molecule is C[C@H](O)c1ccc(CCOc2ccc(CC3NC(=O)SC3=O)cc2)nc1. The zero-order chi connectivity index (χ0) is 18.5. The third kappa shape index (κ3) is 4.83. The monoisotopic (exact) mass is 372 g/mol. The molecule has 2 N–H and O–H groups in total. The van der Waals surface area contributed by atoms with Gasteiger partial charge >= 0.3 is 0 Å². The number of carbonyl (C=O) groups is 2. The number of carbonyl (C=O) groups excluding carboxylic acids is 2. The third-order valence-corrected chi connectivity index (χ3v) is 4.88. The predicted octanol–water partition coefficient (Wildman–Crippen LogP) is 2.65. The van der Waals surface area contributed by atoms with E-state index in [2.05, 4.69) is 10.3 Å². The highest BCUT2D eigenvalue weighted by Crippen LogP contribution is 2.20. The summed E-state index contributed by atoms with van der Waals surface area (Å²) in [7, 11) is 0. The molecule has 3 rings (SSSR count). The fraction of sp³-hybridized carbons (Fsp3) is 0.316. The van der Waals surface area contributed by atoms with Crippen LogP contribution in [-0.4, -0.2) is 33.1 Å². The van der Waals surface area contributed by atoms with Crippen LogP contribution < -0.4 is 10.1 Å². The summed E-state index contributed by atoms with van der Waals surface area (Å²) < 4.78 is 5.72. The number of hydrogen-bond acceptors (Lipinski definition) is 6. The van der Waals surface area contributed by atoms with E-state index in [1.165, 1.54) is 0 Å². The molecule has 1 aromatic heterocycles. The van der Waals surface area contributed by atoms with Gasteiger partial charge in [0.2, 0.25) is 5.12 Å². The lowest BCUT2D eigenvalue weighted by Crippen LogP contribution is -2.30. The molecule has 2 aromatic rings. The number of rotatable bonds is 7. The molecule has 0 saturated carbocycles. The topological polar surface area (TPSA) is 88.5 Å². The van der Waals surface area contributed by atoms with Gasteiger partial charge in [0.05, 0.1) is 12.7 Å². The summed E-state index contributed by atoms with van der Waals surface area (Å²) in [6.45, 7) is 2.20. The Balaban J connectivity index is 1.47. The number of thioether (sulfide) groups is 1. The van der Waals surface area contributed by atoms with Gasteiger partial charge in [-0.25, -0.2) is 0 Å². The highest BCUT2D eigenvalue weighted by Gasteiger charge is 2.31. The van der Waals surface area contributed by atoms with Crippen molar-refractivity contribution in [3.05, 3.63) is 59.4 Å². The van der Waals surface area contributed by atoms with E-state index in [1.807, 2.05) is 36.4 Å². The average molecular weight is 372 g/mol. The maximum absolute atomic E-state index is 11.6. The molecule has 1 aromatic carbocycles. The van der Waals surface area contributed by atoms with Gasteiger partial charge < -0.3 is 15.2 Å². The van der Waals surface area contributed by atoms with E-state index in [0.717, 1.165) is 34.3 Å². The van der Waals surface area contributed by atoms with Gasteiger partial charge in [0.25, 0.3) is 5.24 Å². The molecule has 0 radical (unpaired) electrons. The molecule has 1 aliphatic rings. The standard InChI is InChI=1S/C19H20N2O4S/c1-12(22)14-4-5-15(20-11-14)8-9-25-16-6-2-13(3-7-16)10-17-18(23)26-19(24)21-17/h2-7,11-12,17,22H,8-10H2,1H3,(H,21,24)/t12-,17?/m0/s1. The van der Waals surface area contributed by atoms with E-state index >= 15 is 0 Å². The van der Waals surface area contributed by atoms with Crippen molar-refractivity contribution in [3.63, 3.8) is 0 Å². The summed E-state index contributed by atoms with van der Waals surface area (Å²) >= 11 is 0.729. The van der Waals surface area contributed by atoms with Crippen molar-refractivity contribution >= 4 is 22.1 Å². The Kier molecular flexibility index (Phi) is 5.90. The Bertz CT molecular complexity index is 775. The van der Waals surface area contributed by atoms with E-state index in [0.29, 0.717) is 19.4 Å². The van der Waals surface area contributed by atoms with E-state index in [-0.39, 0.29) is 10.4 Å². The first-order valence-corrected chi connectivity index (χ1v) is 9.20. The highest BCUT2D eigenvalue weighted by atomic mass is 32.2. The summed E-state index contributed by atoms with van der Waals surface area (Å²) in [4.78, 5) is 27.1. The fourth-order valence-corrected chi connectivity index (χ4v) is 3.26. The Morgan fingerprint density at radius 2 is 2.00 bits per heavy atom. The minimum Gasteiger partial charge on any atom is -0.493 e. The molecule has 1 aliphatic heterocycles. The third-order valence-electron chi connectivity index (χ3n) is 4.09. The molecule has 26 heavy (non-hydrogen) atoms. The number of ether oxygens (including phenoxy) is 1. The van der Waals surface area contributed by atoms with Gasteiger partial charge in [-0.1, -0.05) is 18.2 Å². The maximum Gasteiger partial charge on any atom is 0.287 e. The summed E-state index contributed by atoms with van der Waals surface area (Å²) in [5, 5.41) is 11.7. The first kappa shape index (κ1) is 18.4. The van der Waals surface area contributed by atoms with Crippen LogP contribution in [0.15, 0.2) is 42.6 Å². The van der Waals surface area contributed by atoms with Crippen LogP contribution in [0.1, 0.15) is 29.8 Å². The van der Waals surface area contributed by atoms with Gasteiger partial charge in [0.1, 0.15) is 11.8 Å². The van der Waals surface area contributed by atoms with Crippen molar-refractivity contribution in [1.82, 2.24) is 10.3 Å². The summed E-state index contributed by atoms with van der Waals surface area (Å²) in [6, 6.07) is 10.8. The van der Waals surface area contributed by atoms with Crippen molar-refractivity contribution < 1.29 is 19.4 Å². The fourth-order valence-electron chi connectivity index (χ4n) is 2.59. The molecular formula is C19H20N2O4S. The first-order chi connectivity index (χ1) is 12.5. The van der Waals surface area contributed by atoms with E-state index < -0.39 is 12.1 Å². The molecule has 2 heterocycles. The quantitative estimate of drug-likeness (QED) is 0.777. The summed E-state index contributed by atoms with van der Waals surface area (Å²) in [5.41, 5.74) is 2.66. The van der Waals surface area contributed by atoms with Crippen molar-refractivity contribution in [2.45, 2.75) is 31.9 Å². The van der Waals surface area contributed by atoms with Crippen LogP contribution >= 0.6 is 11.8 Å². The van der Waals surface area contributed by atoms with Crippen LogP contribution in [0.5, 0.6) is 5.75 Å². The molecule has 0 bridgehead atoms. The molecule has 1 amide bonds. The molecule has 7 heteroatoms. The van der Waals surface area contributed by atoms with Crippen LogP contribution in [0.25, 0.3) is 0 Å². The predicted molar refractivity (Wildman–Crippen MR) is 99.1 cm³/mol. The number of pyridine rings is 1. The number of benzene rings is 1. The van der Waals surface area contributed by atoms with Gasteiger partial charge in [-0.3, -0.25) is 14.6 Å². The summed E-state index contributed by atoms with van der Waals surface area (Å²) in [5.74, 6) is 0.741. The Hall–Kier alpha value is -2.38. The second kappa shape index (κ2) is 8.33. The molecule has 1 fully saturated rings. The number of hydrogen-bond donors (Lipinski definition) is 2. The lowest BCUT2D eigenvalue weighted by Gasteiger charge is -2.10. The zero-order valence-corrected chi connectivity index (χ0v) is 15.2. The van der Waals surface area contributed by atoms with Crippen molar-refractivity contribution in [3.8, 4) is 5.75 Å². The molecule has 1 saturated heterocycles. The number of nitrogens with zero attached hydrogens (tertiary/aromatic N) is 1. The van der Waals surface area contributed by atoms with Gasteiger partial charge in [0.15, 0.2) is 0 Å². The van der Waals surface area contributed by atoms with E-state index in [4.69, 9.17) is 4.74 Å². The molecular weight excluding hydrogens is 352 g/mol. The van der Waals surface area contributed by atoms with Crippen LogP contribution in [0, 0.1) is 0 Å². The second-order valence-corrected chi connectivity index (χ2v) is 7.09. The molecule has 2 atom stereocenters. The number of aromatic nitrogens is 1. The number of amides is 1. The van der Waals surface area contributed by atoms with Crippen LogP contribution in [0.2, 0.25) is 0 Å². The molecule has 1 unspecified atom stereocenters. The van der Waals surface area contributed by atoms with Gasteiger partial charge in [0, 0.05) is 36.5 Å². The highest BCUT2D eigenvalue weighted by molar-refractivity contribution is 8.26. The van der Waals surface area contributed by atoms with Crippen LogP contribution in [0.4, 0.5) is 4.79 Å². The van der Waals surface area contributed by atoms with Crippen LogP contribution in [0.3, 0.4) is 0 Å². The maximum atomic E-state index is 11.6. The summed E-state index contributed by atoms with van der Waals surface area (Å²) in [6.07, 6.45) is 2.31. The minimum absolute atomic E-state index is 0.135. The second-order valence-electron chi connectivity index (χ2n) is 6.11. The molecule has 0 spiro atoms. The van der Waals surface area contributed by atoms with Crippen molar-refractivity contribution in [2.75, 3.05) is 6.61 Å². The Labute approximate surface area is 156 Å². The first-order valence-electron chi connectivity index (χ1n) is 8.38. The van der Waals surface area contributed by atoms with E-state index in [1.54, 1.807) is 13.1 Å².